The van der Waals surface area contributed by atoms with Crippen molar-refractivity contribution >= 4 is 22.9 Å². The fraction of sp³-hybridized carbons (Fsp3) is 0.733. The third kappa shape index (κ3) is 4.25. The molecule has 0 saturated heterocycles. The lowest BCUT2D eigenvalue weighted by Gasteiger charge is -2.19. The van der Waals surface area contributed by atoms with Gasteiger partial charge in [-0.3, -0.25) is 0 Å². The highest BCUT2D eigenvalue weighted by atomic mass is 35.5. The van der Waals surface area contributed by atoms with Crippen LogP contribution in [-0.4, -0.2) is 6.54 Å². The van der Waals surface area contributed by atoms with Gasteiger partial charge in [0.1, 0.15) is 0 Å². The number of hydrogen-bond acceptors (Lipinski definition) is 2. The van der Waals surface area contributed by atoms with E-state index in [1.807, 2.05) is 6.07 Å². The highest BCUT2D eigenvalue weighted by molar-refractivity contribution is 7.16. The van der Waals surface area contributed by atoms with E-state index in [-0.39, 0.29) is 0 Å². The van der Waals surface area contributed by atoms with Gasteiger partial charge >= 0.3 is 0 Å². The summed E-state index contributed by atoms with van der Waals surface area (Å²) in [7, 11) is 0. The van der Waals surface area contributed by atoms with Crippen LogP contribution in [0.4, 0.5) is 0 Å². The Balaban J connectivity index is 1.87. The molecule has 1 aliphatic rings. The fourth-order valence-electron chi connectivity index (χ4n) is 2.88. The summed E-state index contributed by atoms with van der Waals surface area (Å²) in [6, 6.07) is 4.73. The molecule has 18 heavy (non-hydrogen) atoms. The zero-order valence-corrected chi connectivity index (χ0v) is 12.8. The normalized spacial score (nSPS) is 18.3. The Hall–Kier alpha value is -0.0500. The van der Waals surface area contributed by atoms with Gasteiger partial charge in [-0.15, -0.1) is 11.3 Å². The Kier molecular flexibility index (Phi) is 6.00. The van der Waals surface area contributed by atoms with E-state index < -0.39 is 0 Å². The molecule has 1 nitrogen and oxygen atoms in total. The van der Waals surface area contributed by atoms with E-state index in [9.17, 15) is 0 Å². The van der Waals surface area contributed by atoms with Crippen molar-refractivity contribution in [2.45, 2.75) is 57.9 Å². The molecule has 0 radical (unpaired) electrons. The summed E-state index contributed by atoms with van der Waals surface area (Å²) in [6.45, 7) is 3.33. The van der Waals surface area contributed by atoms with Gasteiger partial charge in [0, 0.05) is 10.9 Å². The molecule has 0 aliphatic heterocycles. The summed E-state index contributed by atoms with van der Waals surface area (Å²) in [4.78, 5) is 1.41. The smallest absolute Gasteiger partial charge is 0.0931 e. The van der Waals surface area contributed by atoms with Gasteiger partial charge in [0.2, 0.25) is 0 Å². The fourth-order valence-corrected chi connectivity index (χ4v) is 4.05. The summed E-state index contributed by atoms with van der Waals surface area (Å²) in [5, 5.41) is 3.67. The molecule has 0 amide bonds. The Morgan fingerprint density at radius 3 is 2.78 bits per heavy atom. The number of halogens is 1. The van der Waals surface area contributed by atoms with Gasteiger partial charge < -0.3 is 5.32 Å². The van der Waals surface area contributed by atoms with E-state index in [4.69, 9.17) is 11.6 Å². The standard InChI is InChI=1S/C15H24ClNS/c1-2-11-17-13(14-9-10-15(16)18-14)8-7-12-5-3-4-6-12/h9-10,12-13,17H,2-8,11H2,1H3. The largest absolute Gasteiger partial charge is 0.309 e. The molecule has 1 fully saturated rings. The summed E-state index contributed by atoms with van der Waals surface area (Å²) < 4.78 is 0.911. The molecule has 102 valence electrons. The van der Waals surface area contributed by atoms with E-state index in [0.717, 1.165) is 16.8 Å². The van der Waals surface area contributed by atoms with Gasteiger partial charge in [-0.1, -0.05) is 44.2 Å². The molecule has 0 aromatic carbocycles. The second kappa shape index (κ2) is 7.52. The van der Waals surface area contributed by atoms with Crippen LogP contribution in [0.15, 0.2) is 12.1 Å². The number of nitrogens with one attached hydrogen (secondary N) is 1. The van der Waals surface area contributed by atoms with Crippen molar-refractivity contribution in [1.82, 2.24) is 5.32 Å². The Bertz CT molecular complexity index is 344. The predicted molar refractivity (Wildman–Crippen MR) is 81.6 cm³/mol. The molecule has 1 N–H and O–H groups in total. The lowest BCUT2D eigenvalue weighted by molar-refractivity contribution is 0.415. The van der Waals surface area contributed by atoms with Crippen LogP contribution >= 0.6 is 22.9 Å². The third-order valence-corrected chi connectivity index (χ3v) is 5.26. The van der Waals surface area contributed by atoms with Gasteiger partial charge in [-0.05, 0) is 43.9 Å². The van der Waals surface area contributed by atoms with Crippen LogP contribution in [-0.2, 0) is 0 Å². The molecule has 1 heterocycles. The van der Waals surface area contributed by atoms with Crippen LogP contribution < -0.4 is 5.32 Å². The molecule has 1 atom stereocenters. The van der Waals surface area contributed by atoms with Gasteiger partial charge in [0.05, 0.1) is 4.34 Å². The van der Waals surface area contributed by atoms with Crippen molar-refractivity contribution in [3.05, 3.63) is 21.3 Å². The Labute approximate surface area is 120 Å². The first-order valence-corrected chi connectivity index (χ1v) is 8.47. The highest BCUT2D eigenvalue weighted by Crippen LogP contribution is 2.34. The summed E-state index contributed by atoms with van der Waals surface area (Å²) >= 11 is 7.79. The van der Waals surface area contributed by atoms with Crippen molar-refractivity contribution in [3.8, 4) is 0 Å². The van der Waals surface area contributed by atoms with Gasteiger partial charge in [-0.25, -0.2) is 0 Å². The van der Waals surface area contributed by atoms with Crippen molar-refractivity contribution in [1.29, 1.82) is 0 Å². The Morgan fingerprint density at radius 1 is 1.39 bits per heavy atom. The molecule has 1 aliphatic carbocycles. The molecule has 2 rings (SSSR count). The summed E-state index contributed by atoms with van der Waals surface area (Å²) in [5.41, 5.74) is 0. The first kappa shape index (κ1) is 14.4. The zero-order valence-electron chi connectivity index (χ0n) is 11.3. The van der Waals surface area contributed by atoms with Crippen LogP contribution in [0.5, 0.6) is 0 Å². The van der Waals surface area contributed by atoms with Gasteiger partial charge in [0.25, 0.3) is 0 Å². The minimum absolute atomic E-state index is 0.517. The number of hydrogen-bond donors (Lipinski definition) is 1. The van der Waals surface area contributed by atoms with Crippen molar-refractivity contribution in [2.75, 3.05) is 6.54 Å². The maximum absolute atomic E-state index is 6.06. The van der Waals surface area contributed by atoms with Crippen LogP contribution in [0, 0.1) is 5.92 Å². The molecule has 1 saturated carbocycles. The van der Waals surface area contributed by atoms with Crippen molar-refractivity contribution in [2.24, 2.45) is 5.92 Å². The van der Waals surface area contributed by atoms with E-state index in [0.29, 0.717) is 6.04 Å². The van der Waals surface area contributed by atoms with Crippen LogP contribution in [0.3, 0.4) is 0 Å². The van der Waals surface area contributed by atoms with E-state index in [2.05, 4.69) is 18.3 Å². The quantitative estimate of drug-likeness (QED) is 0.706. The minimum Gasteiger partial charge on any atom is -0.309 e. The Morgan fingerprint density at radius 2 is 2.17 bits per heavy atom. The molecular formula is C15H24ClNS. The van der Waals surface area contributed by atoms with Crippen LogP contribution in [0.1, 0.15) is 62.8 Å². The average Bonchev–Trinajstić information content (AvgIpc) is 3.01. The zero-order chi connectivity index (χ0) is 12.8. The maximum atomic E-state index is 6.06. The highest BCUT2D eigenvalue weighted by Gasteiger charge is 2.19. The first-order chi connectivity index (χ1) is 8.79. The molecule has 3 heteroatoms. The van der Waals surface area contributed by atoms with Crippen LogP contribution in [0.25, 0.3) is 0 Å². The monoisotopic (exact) mass is 285 g/mol. The second-order valence-corrected chi connectivity index (χ2v) is 7.12. The van der Waals surface area contributed by atoms with Crippen molar-refractivity contribution < 1.29 is 0 Å². The lowest BCUT2D eigenvalue weighted by Crippen LogP contribution is -2.21. The molecule has 1 unspecified atom stereocenters. The summed E-state index contributed by atoms with van der Waals surface area (Å²) in [5.74, 6) is 0.978. The molecule has 0 spiro atoms. The third-order valence-electron chi connectivity index (χ3n) is 3.92. The van der Waals surface area contributed by atoms with E-state index >= 15 is 0 Å². The second-order valence-electron chi connectivity index (χ2n) is 5.38. The van der Waals surface area contributed by atoms with Gasteiger partial charge in [-0.2, -0.15) is 0 Å². The number of rotatable bonds is 7. The molecule has 1 aromatic rings. The lowest BCUT2D eigenvalue weighted by atomic mass is 9.98. The number of thiophene rings is 1. The van der Waals surface area contributed by atoms with E-state index in [1.165, 1.54) is 49.8 Å². The predicted octanol–water partition coefficient (Wildman–Crippen LogP) is 5.41. The van der Waals surface area contributed by atoms with Crippen LogP contribution in [0.2, 0.25) is 4.34 Å². The van der Waals surface area contributed by atoms with E-state index in [1.54, 1.807) is 11.3 Å². The SMILES string of the molecule is CCCNC(CCC1CCCC1)c1ccc(Cl)s1. The molecule has 1 aromatic heterocycles. The van der Waals surface area contributed by atoms with Crippen molar-refractivity contribution in [3.63, 3.8) is 0 Å². The van der Waals surface area contributed by atoms with Gasteiger partial charge in [0.15, 0.2) is 0 Å². The summed E-state index contributed by atoms with van der Waals surface area (Å²) in [6.07, 6.45) is 9.62. The maximum Gasteiger partial charge on any atom is 0.0931 e. The molecule has 0 bridgehead atoms. The first-order valence-electron chi connectivity index (χ1n) is 7.28. The average molecular weight is 286 g/mol. The molecular weight excluding hydrogens is 262 g/mol. The minimum atomic E-state index is 0.517. The topological polar surface area (TPSA) is 12.0 Å².